The van der Waals surface area contributed by atoms with Gasteiger partial charge in [-0.3, -0.25) is 0 Å². The Kier molecular flexibility index (Phi) is 5.37. The average molecular weight is 452 g/mol. The maximum Gasteiger partial charge on any atom is 0.244 e. The van der Waals surface area contributed by atoms with Crippen LogP contribution in [0.25, 0.3) is 22.2 Å². The molecule has 0 aliphatic rings. The number of fused-ring (bicyclic) bond motifs is 1. The number of aromatic nitrogens is 2. The quantitative estimate of drug-likeness (QED) is 0.283. The monoisotopic (exact) mass is 450 g/mol. The van der Waals surface area contributed by atoms with Crippen molar-refractivity contribution in [1.82, 2.24) is 9.97 Å². The molecule has 1 aromatic heterocycles. The molecule has 0 saturated carbocycles. The number of nitrogens with zero attached hydrogens (tertiary/aromatic N) is 3. The second kappa shape index (κ2) is 8.09. The highest BCUT2D eigenvalue weighted by Gasteiger charge is 2.10. The molecule has 0 aliphatic heterocycles. The van der Waals surface area contributed by atoms with Crippen LogP contribution in [-0.4, -0.2) is 15.7 Å². The molecule has 4 aromatic rings. The van der Waals surface area contributed by atoms with E-state index in [1.54, 1.807) is 0 Å². The predicted molar refractivity (Wildman–Crippen MR) is 120 cm³/mol. The third kappa shape index (κ3) is 4.06. The summed E-state index contributed by atoms with van der Waals surface area (Å²) in [5.74, 6) is 0.435. The summed E-state index contributed by atoms with van der Waals surface area (Å²) in [6, 6.07) is 23.6. The SMILES string of the molecule is CC(=NNc1nc(-c2ccccc2)c2cc(Cl)ccc2n1)c1ccc(Br)cc1. The van der Waals surface area contributed by atoms with Crippen molar-refractivity contribution in [3.63, 3.8) is 0 Å². The van der Waals surface area contributed by atoms with Crippen molar-refractivity contribution >= 4 is 50.1 Å². The fourth-order valence-electron chi connectivity index (χ4n) is 2.86. The highest BCUT2D eigenvalue weighted by Crippen LogP contribution is 2.29. The summed E-state index contributed by atoms with van der Waals surface area (Å²) in [4.78, 5) is 9.28. The van der Waals surface area contributed by atoms with Gasteiger partial charge in [0.15, 0.2) is 0 Å². The molecule has 28 heavy (non-hydrogen) atoms. The third-order valence-corrected chi connectivity index (χ3v) is 5.05. The molecule has 138 valence electrons. The maximum atomic E-state index is 6.20. The van der Waals surface area contributed by atoms with Gasteiger partial charge in [-0.05, 0) is 42.8 Å². The summed E-state index contributed by atoms with van der Waals surface area (Å²) >= 11 is 9.65. The molecule has 0 saturated heterocycles. The lowest BCUT2D eigenvalue weighted by atomic mass is 10.1. The Morgan fingerprint density at radius 2 is 1.71 bits per heavy atom. The Balaban J connectivity index is 1.74. The minimum atomic E-state index is 0.435. The van der Waals surface area contributed by atoms with Crippen LogP contribution < -0.4 is 5.43 Å². The van der Waals surface area contributed by atoms with Gasteiger partial charge < -0.3 is 0 Å². The first-order valence-corrected chi connectivity index (χ1v) is 9.86. The minimum absolute atomic E-state index is 0.435. The summed E-state index contributed by atoms with van der Waals surface area (Å²) < 4.78 is 1.03. The van der Waals surface area contributed by atoms with Crippen LogP contribution in [-0.2, 0) is 0 Å². The predicted octanol–water partition coefficient (Wildman–Crippen LogP) is 6.55. The van der Waals surface area contributed by atoms with E-state index in [2.05, 4.69) is 31.4 Å². The summed E-state index contributed by atoms with van der Waals surface area (Å²) in [5.41, 5.74) is 7.47. The van der Waals surface area contributed by atoms with Crippen molar-refractivity contribution in [2.45, 2.75) is 6.92 Å². The van der Waals surface area contributed by atoms with Gasteiger partial charge in [-0.1, -0.05) is 70.0 Å². The first-order valence-electron chi connectivity index (χ1n) is 8.69. The fraction of sp³-hybridized carbons (Fsp3) is 0.0455. The third-order valence-electron chi connectivity index (χ3n) is 4.29. The van der Waals surface area contributed by atoms with Gasteiger partial charge >= 0.3 is 0 Å². The molecule has 0 bridgehead atoms. The van der Waals surface area contributed by atoms with E-state index in [1.165, 1.54) is 0 Å². The Morgan fingerprint density at radius 1 is 0.964 bits per heavy atom. The molecule has 1 heterocycles. The molecule has 0 radical (unpaired) electrons. The van der Waals surface area contributed by atoms with Crippen LogP contribution in [0.1, 0.15) is 12.5 Å². The van der Waals surface area contributed by atoms with Gasteiger partial charge in [-0.2, -0.15) is 5.10 Å². The summed E-state index contributed by atoms with van der Waals surface area (Å²) in [7, 11) is 0. The second-order valence-corrected chi connectivity index (χ2v) is 7.59. The van der Waals surface area contributed by atoms with Crippen LogP contribution >= 0.6 is 27.5 Å². The topological polar surface area (TPSA) is 50.2 Å². The fourth-order valence-corrected chi connectivity index (χ4v) is 3.29. The second-order valence-electron chi connectivity index (χ2n) is 6.24. The van der Waals surface area contributed by atoms with Crippen molar-refractivity contribution in [2.75, 3.05) is 5.43 Å². The lowest BCUT2D eigenvalue weighted by Gasteiger charge is -2.09. The number of halogens is 2. The molecule has 0 unspecified atom stereocenters. The summed E-state index contributed by atoms with van der Waals surface area (Å²) in [5, 5.41) is 6.01. The number of rotatable bonds is 4. The van der Waals surface area contributed by atoms with E-state index in [9.17, 15) is 0 Å². The Morgan fingerprint density at radius 3 is 2.46 bits per heavy atom. The van der Waals surface area contributed by atoms with Crippen LogP contribution in [0.5, 0.6) is 0 Å². The molecule has 6 heteroatoms. The van der Waals surface area contributed by atoms with Crippen molar-refractivity contribution in [3.8, 4) is 11.3 Å². The van der Waals surface area contributed by atoms with E-state index in [0.29, 0.717) is 11.0 Å². The number of anilines is 1. The van der Waals surface area contributed by atoms with Gasteiger partial charge in [0.25, 0.3) is 0 Å². The molecule has 0 fully saturated rings. The number of hydrazone groups is 1. The Labute approximate surface area is 176 Å². The average Bonchev–Trinajstić information content (AvgIpc) is 2.72. The van der Waals surface area contributed by atoms with Gasteiger partial charge in [0.05, 0.1) is 16.9 Å². The summed E-state index contributed by atoms with van der Waals surface area (Å²) in [6.45, 7) is 1.94. The molecule has 1 N–H and O–H groups in total. The molecule has 3 aromatic carbocycles. The van der Waals surface area contributed by atoms with E-state index in [0.717, 1.165) is 37.9 Å². The van der Waals surface area contributed by atoms with Crippen molar-refractivity contribution in [1.29, 1.82) is 0 Å². The first kappa shape index (κ1) is 18.6. The summed E-state index contributed by atoms with van der Waals surface area (Å²) in [6.07, 6.45) is 0. The molecule has 0 aliphatic carbocycles. The van der Waals surface area contributed by atoms with Crippen molar-refractivity contribution in [3.05, 3.63) is 87.9 Å². The van der Waals surface area contributed by atoms with Crippen LogP contribution in [0, 0.1) is 0 Å². The Hall–Kier alpha value is -2.76. The molecule has 4 rings (SSSR count). The lowest BCUT2D eigenvalue weighted by Crippen LogP contribution is -2.03. The molecule has 0 amide bonds. The maximum absolute atomic E-state index is 6.20. The van der Waals surface area contributed by atoms with Gasteiger partial charge in [0, 0.05) is 20.4 Å². The highest BCUT2D eigenvalue weighted by molar-refractivity contribution is 9.10. The lowest BCUT2D eigenvalue weighted by molar-refractivity contribution is 1.15. The number of nitrogens with one attached hydrogen (secondary N) is 1. The zero-order valence-corrected chi connectivity index (χ0v) is 17.4. The van der Waals surface area contributed by atoms with Crippen molar-refractivity contribution < 1.29 is 0 Å². The Bertz CT molecular complexity index is 1160. The minimum Gasteiger partial charge on any atom is -0.245 e. The molecule has 4 nitrogen and oxygen atoms in total. The van der Waals surface area contributed by atoms with E-state index in [1.807, 2.05) is 79.7 Å². The number of hydrogen-bond donors (Lipinski definition) is 1. The normalized spacial score (nSPS) is 11.6. The molecular formula is C22H16BrClN4. The zero-order valence-electron chi connectivity index (χ0n) is 15.0. The van der Waals surface area contributed by atoms with Gasteiger partial charge in [-0.25, -0.2) is 15.4 Å². The zero-order chi connectivity index (χ0) is 19.5. The van der Waals surface area contributed by atoms with Crippen LogP contribution in [0.3, 0.4) is 0 Å². The van der Waals surface area contributed by atoms with E-state index >= 15 is 0 Å². The number of benzene rings is 3. The molecule has 0 atom stereocenters. The standard InChI is InChI=1S/C22H16BrClN4/c1-14(15-7-9-17(23)10-8-15)27-28-22-25-20-12-11-18(24)13-19(20)21(26-22)16-5-3-2-4-6-16/h2-13H,1H3,(H,25,26,28). The highest BCUT2D eigenvalue weighted by atomic mass is 79.9. The van der Waals surface area contributed by atoms with Gasteiger partial charge in [-0.15, -0.1) is 0 Å². The number of hydrogen-bond acceptors (Lipinski definition) is 4. The van der Waals surface area contributed by atoms with Crippen LogP contribution in [0.2, 0.25) is 5.02 Å². The van der Waals surface area contributed by atoms with E-state index in [-0.39, 0.29) is 0 Å². The van der Waals surface area contributed by atoms with Crippen LogP contribution in [0.15, 0.2) is 82.4 Å². The molecule has 0 spiro atoms. The largest absolute Gasteiger partial charge is 0.245 e. The van der Waals surface area contributed by atoms with Crippen LogP contribution in [0.4, 0.5) is 5.95 Å². The van der Waals surface area contributed by atoms with E-state index in [4.69, 9.17) is 16.6 Å². The van der Waals surface area contributed by atoms with E-state index < -0.39 is 0 Å². The smallest absolute Gasteiger partial charge is 0.244 e. The van der Waals surface area contributed by atoms with Gasteiger partial charge in [0.1, 0.15) is 0 Å². The van der Waals surface area contributed by atoms with Crippen molar-refractivity contribution in [2.24, 2.45) is 5.10 Å². The first-order chi connectivity index (χ1) is 13.6. The molecular weight excluding hydrogens is 436 g/mol. The van der Waals surface area contributed by atoms with Gasteiger partial charge in [0.2, 0.25) is 5.95 Å².